The Morgan fingerprint density at radius 3 is 2.08 bits per heavy atom. The van der Waals surface area contributed by atoms with Crippen molar-refractivity contribution in [3.63, 3.8) is 0 Å². The summed E-state index contributed by atoms with van der Waals surface area (Å²) in [5.41, 5.74) is -1.74. The molecule has 0 saturated heterocycles. The first kappa shape index (κ1) is 31.0. The second-order valence-corrected chi connectivity index (χ2v) is 12.1. The van der Waals surface area contributed by atoms with E-state index in [4.69, 9.17) is 9.47 Å². The molecule has 6 heteroatoms. The van der Waals surface area contributed by atoms with Gasteiger partial charge in [0.25, 0.3) is 0 Å². The molecule has 2 unspecified atom stereocenters. The fourth-order valence-electron chi connectivity index (χ4n) is 6.59. The molecule has 1 aromatic carbocycles. The molecule has 1 fully saturated rings. The molecule has 0 spiro atoms. The van der Waals surface area contributed by atoms with Crippen LogP contribution >= 0.6 is 0 Å². The zero-order valence-corrected chi connectivity index (χ0v) is 25.1. The maximum absolute atomic E-state index is 15.0. The zero-order chi connectivity index (χ0) is 30.0. The van der Waals surface area contributed by atoms with Crippen molar-refractivity contribution in [2.75, 3.05) is 7.11 Å². The summed E-state index contributed by atoms with van der Waals surface area (Å²) >= 11 is 0. The molecule has 40 heavy (non-hydrogen) atoms. The van der Waals surface area contributed by atoms with Gasteiger partial charge in [0.15, 0.2) is 17.3 Å². The van der Waals surface area contributed by atoms with Gasteiger partial charge in [-0.05, 0) is 52.4 Å². The standard InChI is InChI=1S/C34H42O6/c1-10-26(40-23(6)35)25-20-33(18-16-21(2)3)30(39-9)27(28(36)24-14-12-11-13-15-24)29(37)34(31(33)38,32(25,7)8)19-17-22(4)5/h10-17,25-26H,1,18-20H2,2-9H3/t25?,26?,33-,34+/m0/s1. The Kier molecular flexibility index (Phi) is 8.93. The molecular formula is C34H42O6. The van der Waals surface area contributed by atoms with Crippen LogP contribution in [0.25, 0.3) is 0 Å². The molecule has 6 nitrogen and oxygen atoms in total. The van der Waals surface area contributed by atoms with Crippen molar-refractivity contribution in [1.82, 2.24) is 0 Å². The van der Waals surface area contributed by atoms with Gasteiger partial charge in [-0.2, -0.15) is 0 Å². The molecule has 0 aliphatic heterocycles. The lowest BCUT2D eigenvalue weighted by atomic mass is 9.39. The lowest BCUT2D eigenvalue weighted by Gasteiger charge is -2.61. The van der Waals surface area contributed by atoms with E-state index in [1.807, 2.05) is 53.7 Å². The number of hydrogen-bond acceptors (Lipinski definition) is 6. The minimum Gasteiger partial charge on any atom is -0.499 e. The van der Waals surface area contributed by atoms with Gasteiger partial charge in [0.2, 0.25) is 0 Å². The van der Waals surface area contributed by atoms with E-state index in [9.17, 15) is 14.4 Å². The average molecular weight is 547 g/mol. The van der Waals surface area contributed by atoms with E-state index in [0.29, 0.717) is 5.56 Å². The minimum atomic E-state index is -1.61. The van der Waals surface area contributed by atoms with Gasteiger partial charge in [0, 0.05) is 18.4 Å². The van der Waals surface area contributed by atoms with Gasteiger partial charge in [0.1, 0.15) is 22.9 Å². The number of rotatable bonds is 10. The highest BCUT2D eigenvalue weighted by Gasteiger charge is 2.73. The fraction of sp³-hybridized carbons (Fsp3) is 0.471. The number of carbonyl (C=O) groups is 4. The Morgan fingerprint density at radius 2 is 1.57 bits per heavy atom. The summed E-state index contributed by atoms with van der Waals surface area (Å²) in [6.07, 6.45) is 5.22. The number of ketones is 3. The lowest BCUT2D eigenvalue weighted by Crippen LogP contribution is -2.68. The summed E-state index contributed by atoms with van der Waals surface area (Å²) in [5, 5.41) is 0. The third-order valence-corrected chi connectivity index (χ3v) is 8.77. The van der Waals surface area contributed by atoms with Gasteiger partial charge in [-0.3, -0.25) is 19.2 Å². The van der Waals surface area contributed by atoms with E-state index in [2.05, 4.69) is 6.58 Å². The first-order chi connectivity index (χ1) is 18.7. The number of hydrogen-bond donors (Lipinski definition) is 0. The van der Waals surface area contributed by atoms with Crippen LogP contribution in [0.3, 0.4) is 0 Å². The summed E-state index contributed by atoms with van der Waals surface area (Å²) in [5.74, 6) is -2.12. The molecule has 1 saturated carbocycles. The van der Waals surface area contributed by atoms with Crippen LogP contribution in [-0.4, -0.2) is 36.5 Å². The Labute approximate surface area is 238 Å². The van der Waals surface area contributed by atoms with Crippen LogP contribution < -0.4 is 0 Å². The SMILES string of the molecule is C=CC(OC(C)=O)C1C[C@]2(CC=C(C)C)C(=O)[C@@](CC=C(C)C)(C(=O)C(C(=O)c3ccccc3)=C2OC)C1(C)C. The summed E-state index contributed by atoms with van der Waals surface area (Å²) < 4.78 is 11.7. The zero-order valence-electron chi connectivity index (χ0n) is 25.1. The lowest BCUT2D eigenvalue weighted by molar-refractivity contribution is -0.180. The number of esters is 1. The summed E-state index contributed by atoms with van der Waals surface area (Å²) in [4.78, 5) is 56.2. The summed E-state index contributed by atoms with van der Waals surface area (Å²) in [7, 11) is 1.41. The molecule has 2 bridgehead atoms. The van der Waals surface area contributed by atoms with Gasteiger partial charge in [-0.1, -0.05) is 80.1 Å². The molecular weight excluding hydrogens is 504 g/mol. The largest absolute Gasteiger partial charge is 0.499 e. The Bertz CT molecular complexity index is 1300. The molecule has 2 aliphatic rings. The maximum Gasteiger partial charge on any atom is 0.303 e. The molecule has 0 amide bonds. The van der Waals surface area contributed by atoms with Crippen molar-refractivity contribution in [1.29, 1.82) is 0 Å². The first-order valence-corrected chi connectivity index (χ1v) is 13.8. The fourth-order valence-corrected chi connectivity index (χ4v) is 6.59. The van der Waals surface area contributed by atoms with Gasteiger partial charge in [-0.25, -0.2) is 0 Å². The molecule has 0 radical (unpaired) electrons. The van der Waals surface area contributed by atoms with E-state index in [1.54, 1.807) is 36.4 Å². The second-order valence-electron chi connectivity index (χ2n) is 12.1. The molecule has 0 N–H and O–H groups in total. The predicted molar refractivity (Wildman–Crippen MR) is 155 cm³/mol. The van der Waals surface area contributed by atoms with Crippen molar-refractivity contribution in [2.24, 2.45) is 22.2 Å². The van der Waals surface area contributed by atoms with Gasteiger partial charge < -0.3 is 9.47 Å². The Morgan fingerprint density at radius 1 is 1.00 bits per heavy atom. The van der Waals surface area contributed by atoms with Crippen molar-refractivity contribution in [3.8, 4) is 0 Å². The van der Waals surface area contributed by atoms with Crippen LogP contribution in [0.15, 0.2) is 77.6 Å². The quantitative estimate of drug-likeness (QED) is 0.106. The van der Waals surface area contributed by atoms with E-state index in [0.717, 1.165) is 11.1 Å². The van der Waals surface area contributed by atoms with E-state index in [1.165, 1.54) is 14.0 Å². The highest BCUT2D eigenvalue weighted by Crippen LogP contribution is 2.67. The van der Waals surface area contributed by atoms with E-state index < -0.39 is 45.8 Å². The van der Waals surface area contributed by atoms with E-state index >= 15 is 4.79 Å². The van der Waals surface area contributed by atoms with Gasteiger partial charge in [0.05, 0.1) is 12.5 Å². The molecule has 214 valence electrons. The van der Waals surface area contributed by atoms with Crippen molar-refractivity contribution in [3.05, 3.63) is 83.2 Å². The number of benzene rings is 1. The molecule has 1 aromatic rings. The van der Waals surface area contributed by atoms with Crippen molar-refractivity contribution in [2.45, 2.75) is 73.8 Å². The molecule has 2 aliphatic carbocycles. The topological polar surface area (TPSA) is 86.7 Å². The predicted octanol–water partition coefficient (Wildman–Crippen LogP) is 6.77. The number of carbonyl (C=O) groups excluding carboxylic acids is 4. The van der Waals surface area contributed by atoms with Crippen molar-refractivity contribution < 1.29 is 28.7 Å². The molecule has 4 atom stereocenters. The third kappa shape index (κ3) is 4.93. The molecule has 0 heterocycles. The van der Waals surface area contributed by atoms with Gasteiger partial charge in [-0.15, -0.1) is 0 Å². The number of allylic oxidation sites excluding steroid dienone is 6. The molecule has 0 aromatic heterocycles. The second kappa shape index (κ2) is 11.5. The van der Waals surface area contributed by atoms with E-state index in [-0.39, 0.29) is 36.4 Å². The smallest absolute Gasteiger partial charge is 0.303 e. The van der Waals surface area contributed by atoms with Crippen LogP contribution in [-0.2, 0) is 23.9 Å². The van der Waals surface area contributed by atoms with Crippen LogP contribution in [0.4, 0.5) is 0 Å². The number of fused-ring (bicyclic) bond motifs is 2. The van der Waals surface area contributed by atoms with Crippen LogP contribution in [0.5, 0.6) is 0 Å². The Hall–Kier alpha value is -3.54. The molecule has 3 rings (SSSR count). The van der Waals surface area contributed by atoms with Crippen LogP contribution in [0.2, 0.25) is 0 Å². The highest BCUT2D eigenvalue weighted by atomic mass is 16.5. The van der Waals surface area contributed by atoms with Crippen LogP contribution in [0.1, 0.15) is 78.1 Å². The minimum absolute atomic E-state index is 0.0771. The van der Waals surface area contributed by atoms with Gasteiger partial charge >= 0.3 is 5.97 Å². The first-order valence-electron chi connectivity index (χ1n) is 13.8. The van der Waals surface area contributed by atoms with Crippen LogP contribution in [0, 0.1) is 22.2 Å². The van der Waals surface area contributed by atoms with Crippen molar-refractivity contribution >= 4 is 23.3 Å². The summed E-state index contributed by atoms with van der Waals surface area (Å²) in [6.45, 7) is 16.7. The maximum atomic E-state index is 15.0. The Balaban J connectivity index is 2.51. The monoisotopic (exact) mass is 546 g/mol. The number of methoxy groups -OCH3 is 1. The highest BCUT2D eigenvalue weighted by molar-refractivity contribution is 6.35. The number of ether oxygens (including phenoxy) is 2. The third-order valence-electron chi connectivity index (χ3n) is 8.77. The normalized spacial score (nSPS) is 25.9. The number of Topliss-reactive ketones (excluding diaryl/α,β-unsaturated/α-hetero) is 3. The summed E-state index contributed by atoms with van der Waals surface area (Å²) in [6, 6.07) is 8.61. The average Bonchev–Trinajstić information content (AvgIpc) is 2.89.